The summed E-state index contributed by atoms with van der Waals surface area (Å²) >= 11 is 1.52. The van der Waals surface area contributed by atoms with Gasteiger partial charge in [-0.05, 0) is 18.6 Å². The van der Waals surface area contributed by atoms with Gasteiger partial charge < -0.3 is 5.32 Å². The highest BCUT2D eigenvalue weighted by Gasteiger charge is 2.18. The normalized spacial score (nSPS) is 10.8. The topological polar surface area (TPSA) is 67.8 Å². The molecule has 0 saturated carbocycles. The van der Waals surface area contributed by atoms with Crippen LogP contribution in [0.5, 0.6) is 0 Å². The largest absolute Gasteiger partial charge is 0.351 e. The van der Waals surface area contributed by atoms with Crippen molar-refractivity contribution in [3.63, 3.8) is 0 Å². The van der Waals surface area contributed by atoms with E-state index in [9.17, 15) is 4.79 Å². The van der Waals surface area contributed by atoms with E-state index in [1.165, 1.54) is 17.5 Å². The number of carbonyl (C=O) groups is 1. The standard InChI is InChI=1S/C17H18N4OS/c1-2-3-6-9-20-16(22)14-15(19-11-10-18-14)17-21-12-7-4-5-8-13(12)23-17/h4-5,7-8,10-11H,2-3,6,9H2,1H3,(H,20,22). The van der Waals surface area contributed by atoms with Gasteiger partial charge in [-0.3, -0.25) is 4.79 Å². The Morgan fingerprint density at radius 1 is 1.17 bits per heavy atom. The molecule has 3 aromatic rings. The molecule has 0 unspecified atom stereocenters. The SMILES string of the molecule is CCCCCNC(=O)c1nccnc1-c1nc2ccccc2s1. The van der Waals surface area contributed by atoms with Gasteiger partial charge in [0.2, 0.25) is 0 Å². The average molecular weight is 326 g/mol. The number of carbonyl (C=O) groups excluding carboxylic acids is 1. The van der Waals surface area contributed by atoms with Crippen molar-refractivity contribution in [3.8, 4) is 10.7 Å². The third-order valence-electron chi connectivity index (χ3n) is 3.48. The summed E-state index contributed by atoms with van der Waals surface area (Å²) in [5, 5.41) is 3.63. The maximum absolute atomic E-state index is 12.4. The van der Waals surface area contributed by atoms with E-state index in [-0.39, 0.29) is 5.91 Å². The van der Waals surface area contributed by atoms with Gasteiger partial charge in [0, 0.05) is 18.9 Å². The van der Waals surface area contributed by atoms with E-state index in [4.69, 9.17) is 0 Å². The van der Waals surface area contributed by atoms with Gasteiger partial charge in [0.15, 0.2) is 5.69 Å². The van der Waals surface area contributed by atoms with Gasteiger partial charge in [-0.2, -0.15) is 0 Å². The minimum atomic E-state index is -0.191. The highest BCUT2D eigenvalue weighted by molar-refractivity contribution is 7.21. The van der Waals surface area contributed by atoms with Crippen LogP contribution in [0.2, 0.25) is 0 Å². The number of thiazole rings is 1. The van der Waals surface area contributed by atoms with Crippen LogP contribution in [0.4, 0.5) is 0 Å². The Balaban J connectivity index is 1.86. The molecule has 3 rings (SSSR count). The molecule has 0 fully saturated rings. The second kappa shape index (κ2) is 7.28. The van der Waals surface area contributed by atoms with Gasteiger partial charge in [-0.1, -0.05) is 31.9 Å². The molecule has 1 aromatic carbocycles. The van der Waals surface area contributed by atoms with Crippen LogP contribution in [0.3, 0.4) is 0 Å². The fraction of sp³-hybridized carbons (Fsp3) is 0.294. The minimum Gasteiger partial charge on any atom is -0.351 e. The zero-order valence-corrected chi connectivity index (χ0v) is 13.8. The molecule has 0 spiro atoms. The van der Waals surface area contributed by atoms with Gasteiger partial charge in [0.1, 0.15) is 10.7 Å². The van der Waals surface area contributed by atoms with Gasteiger partial charge in [0.25, 0.3) is 5.91 Å². The molecular formula is C17H18N4OS. The van der Waals surface area contributed by atoms with E-state index in [0.29, 0.717) is 17.9 Å². The van der Waals surface area contributed by atoms with E-state index >= 15 is 0 Å². The number of rotatable bonds is 6. The third-order valence-corrected chi connectivity index (χ3v) is 4.52. The fourth-order valence-electron chi connectivity index (χ4n) is 2.29. The smallest absolute Gasteiger partial charge is 0.272 e. The highest BCUT2D eigenvalue weighted by Crippen LogP contribution is 2.29. The summed E-state index contributed by atoms with van der Waals surface area (Å²) in [6.07, 6.45) is 6.33. The van der Waals surface area contributed by atoms with Crippen molar-refractivity contribution in [3.05, 3.63) is 42.4 Å². The molecule has 0 saturated heterocycles. The Kier molecular flexibility index (Phi) is 4.92. The maximum Gasteiger partial charge on any atom is 0.272 e. The first-order valence-corrected chi connectivity index (χ1v) is 8.56. The summed E-state index contributed by atoms with van der Waals surface area (Å²) in [5.74, 6) is -0.191. The Morgan fingerprint density at radius 2 is 2.00 bits per heavy atom. The second-order valence-corrected chi connectivity index (χ2v) is 6.23. The van der Waals surface area contributed by atoms with Gasteiger partial charge in [-0.15, -0.1) is 11.3 Å². The summed E-state index contributed by atoms with van der Waals surface area (Å²) < 4.78 is 1.07. The number of unbranched alkanes of at least 4 members (excludes halogenated alkanes) is 2. The van der Waals surface area contributed by atoms with Crippen molar-refractivity contribution in [2.75, 3.05) is 6.54 Å². The predicted octanol–water partition coefficient (Wildman–Crippen LogP) is 3.67. The number of amides is 1. The summed E-state index contributed by atoms with van der Waals surface area (Å²) in [7, 11) is 0. The van der Waals surface area contributed by atoms with Crippen molar-refractivity contribution in [2.45, 2.75) is 26.2 Å². The van der Waals surface area contributed by atoms with E-state index in [2.05, 4.69) is 27.2 Å². The van der Waals surface area contributed by atoms with Gasteiger partial charge in [-0.25, -0.2) is 15.0 Å². The van der Waals surface area contributed by atoms with Crippen molar-refractivity contribution >= 4 is 27.5 Å². The Morgan fingerprint density at radius 3 is 2.83 bits per heavy atom. The quantitative estimate of drug-likeness (QED) is 0.702. The molecular weight excluding hydrogens is 308 g/mol. The molecule has 0 aliphatic heterocycles. The average Bonchev–Trinajstić information content (AvgIpc) is 3.02. The van der Waals surface area contributed by atoms with Crippen molar-refractivity contribution in [1.29, 1.82) is 0 Å². The molecule has 1 N–H and O–H groups in total. The van der Waals surface area contributed by atoms with Crippen LogP contribution in [-0.4, -0.2) is 27.4 Å². The molecule has 2 aromatic heterocycles. The third kappa shape index (κ3) is 3.53. The van der Waals surface area contributed by atoms with Crippen LogP contribution in [0.1, 0.15) is 36.7 Å². The predicted molar refractivity (Wildman–Crippen MR) is 92.5 cm³/mol. The lowest BCUT2D eigenvalue weighted by Crippen LogP contribution is -2.26. The Bertz CT molecular complexity index is 782. The Hall–Kier alpha value is -2.34. The lowest BCUT2D eigenvalue weighted by molar-refractivity contribution is 0.0948. The van der Waals surface area contributed by atoms with Crippen molar-refractivity contribution in [1.82, 2.24) is 20.3 Å². The molecule has 0 bridgehead atoms. The number of aromatic nitrogens is 3. The molecule has 23 heavy (non-hydrogen) atoms. The van der Waals surface area contributed by atoms with Crippen LogP contribution in [-0.2, 0) is 0 Å². The molecule has 6 heteroatoms. The number of hydrogen-bond donors (Lipinski definition) is 1. The molecule has 118 valence electrons. The summed E-state index contributed by atoms with van der Waals surface area (Å²) in [4.78, 5) is 25.5. The number of hydrogen-bond acceptors (Lipinski definition) is 5. The second-order valence-electron chi connectivity index (χ2n) is 5.20. The highest BCUT2D eigenvalue weighted by atomic mass is 32.1. The van der Waals surface area contributed by atoms with E-state index in [1.54, 1.807) is 6.20 Å². The molecule has 0 atom stereocenters. The maximum atomic E-state index is 12.4. The van der Waals surface area contributed by atoms with Gasteiger partial charge >= 0.3 is 0 Å². The van der Waals surface area contributed by atoms with E-state index in [0.717, 1.165) is 34.5 Å². The van der Waals surface area contributed by atoms with E-state index < -0.39 is 0 Å². The van der Waals surface area contributed by atoms with E-state index in [1.807, 2.05) is 24.3 Å². The monoisotopic (exact) mass is 326 g/mol. The summed E-state index contributed by atoms with van der Waals surface area (Å²) in [5.41, 5.74) is 1.79. The first kappa shape index (κ1) is 15.6. The number of fused-ring (bicyclic) bond motifs is 1. The molecule has 0 aliphatic rings. The fourth-order valence-corrected chi connectivity index (χ4v) is 3.26. The summed E-state index contributed by atoms with van der Waals surface area (Å²) in [6.45, 7) is 2.79. The van der Waals surface area contributed by atoms with Crippen LogP contribution in [0, 0.1) is 0 Å². The first-order chi connectivity index (χ1) is 11.3. The summed E-state index contributed by atoms with van der Waals surface area (Å²) in [6, 6.07) is 7.89. The molecule has 1 amide bonds. The first-order valence-electron chi connectivity index (χ1n) is 7.74. The van der Waals surface area contributed by atoms with Crippen LogP contribution in [0.15, 0.2) is 36.7 Å². The van der Waals surface area contributed by atoms with Crippen molar-refractivity contribution in [2.24, 2.45) is 0 Å². The number of benzene rings is 1. The zero-order chi connectivity index (χ0) is 16.1. The number of para-hydroxylation sites is 1. The number of nitrogens with zero attached hydrogens (tertiary/aromatic N) is 3. The molecule has 2 heterocycles. The molecule has 0 aliphatic carbocycles. The molecule has 0 radical (unpaired) electrons. The van der Waals surface area contributed by atoms with Gasteiger partial charge in [0.05, 0.1) is 10.2 Å². The lowest BCUT2D eigenvalue weighted by atomic mass is 10.2. The Labute approximate surface area is 138 Å². The zero-order valence-electron chi connectivity index (χ0n) is 13.0. The van der Waals surface area contributed by atoms with Crippen LogP contribution in [0.25, 0.3) is 20.9 Å². The number of nitrogens with one attached hydrogen (secondary N) is 1. The van der Waals surface area contributed by atoms with Crippen LogP contribution >= 0.6 is 11.3 Å². The molecule has 5 nitrogen and oxygen atoms in total. The lowest BCUT2D eigenvalue weighted by Gasteiger charge is -2.06. The van der Waals surface area contributed by atoms with Crippen molar-refractivity contribution < 1.29 is 4.79 Å². The minimum absolute atomic E-state index is 0.191. The van der Waals surface area contributed by atoms with Crippen LogP contribution < -0.4 is 5.32 Å².